The van der Waals surface area contributed by atoms with Gasteiger partial charge in [0.2, 0.25) is 15.9 Å². The third-order valence-corrected chi connectivity index (χ3v) is 6.00. The number of hydrogen-bond donors (Lipinski definition) is 1. The maximum atomic E-state index is 12.7. The van der Waals surface area contributed by atoms with Gasteiger partial charge in [-0.25, -0.2) is 8.42 Å². The Hall–Kier alpha value is -2.00. The molecule has 10 heteroatoms. The number of rotatable bonds is 7. The molecule has 0 radical (unpaired) electrons. The van der Waals surface area contributed by atoms with Gasteiger partial charge in [0.1, 0.15) is 0 Å². The van der Waals surface area contributed by atoms with Crippen molar-refractivity contribution in [1.29, 1.82) is 0 Å². The first-order chi connectivity index (χ1) is 12.7. The van der Waals surface area contributed by atoms with Crippen molar-refractivity contribution in [1.82, 2.24) is 4.31 Å². The van der Waals surface area contributed by atoms with Crippen LogP contribution in [0.15, 0.2) is 41.3 Å². The number of sulfonamides is 1. The topological polar surface area (TPSA) is 84.9 Å². The van der Waals surface area contributed by atoms with Gasteiger partial charge in [0, 0.05) is 18.1 Å². The number of likely N-dealkylation sites (N-methyl/N-ethyl adjacent to an activating group) is 1. The molecule has 0 atom stereocenters. The lowest BCUT2D eigenvalue weighted by Gasteiger charge is -2.18. The third kappa shape index (κ3) is 5.04. The summed E-state index contributed by atoms with van der Waals surface area (Å²) >= 11 is 11.9. The molecule has 2 aromatic rings. The fraction of sp³-hybridized carbons (Fsp3) is 0.235. The first-order valence-electron chi connectivity index (χ1n) is 7.62. The number of nitrogens with zero attached hydrogens (tertiary/aromatic N) is 1. The Morgan fingerprint density at radius 1 is 1.07 bits per heavy atom. The lowest BCUT2D eigenvalue weighted by Crippen LogP contribution is -2.35. The molecule has 0 aromatic heterocycles. The number of methoxy groups -OCH3 is 2. The summed E-state index contributed by atoms with van der Waals surface area (Å²) in [5.41, 5.74) is 0.297. The molecule has 1 amide bonds. The van der Waals surface area contributed by atoms with Crippen LogP contribution in [0.4, 0.5) is 5.69 Å². The van der Waals surface area contributed by atoms with Gasteiger partial charge in [-0.2, -0.15) is 4.31 Å². The van der Waals surface area contributed by atoms with Gasteiger partial charge in [-0.3, -0.25) is 4.79 Å². The molecule has 7 nitrogen and oxygen atoms in total. The molecule has 0 spiro atoms. The predicted molar refractivity (Wildman–Crippen MR) is 104 cm³/mol. The van der Waals surface area contributed by atoms with Gasteiger partial charge in [-0.05, 0) is 30.3 Å². The number of hydrogen-bond acceptors (Lipinski definition) is 5. The van der Waals surface area contributed by atoms with Gasteiger partial charge >= 0.3 is 0 Å². The summed E-state index contributed by atoms with van der Waals surface area (Å²) in [4.78, 5) is 12.2. The molecule has 0 aliphatic heterocycles. The highest BCUT2D eigenvalue weighted by molar-refractivity contribution is 7.89. The molecule has 0 unspecified atom stereocenters. The van der Waals surface area contributed by atoms with E-state index in [0.29, 0.717) is 16.5 Å². The van der Waals surface area contributed by atoms with Crippen LogP contribution in [0.3, 0.4) is 0 Å². The molecule has 0 heterocycles. The number of nitrogens with one attached hydrogen (secondary N) is 1. The van der Waals surface area contributed by atoms with Crippen molar-refractivity contribution in [2.45, 2.75) is 4.90 Å². The molecule has 2 rings (SSSR count). The Morgan fingerprint density at radius 2 is 1.74 bits per heavy atom. The van der Waals surface area contributed by atoms with Gasteiger partial charge in [-0.1, -0.05) is 23.2 Å². The number of benzene rings is 2. The summed E-state index contributed by atoms with van der Waals surface area (Å²) in [6.07, 6.45) is 0. The number of ether oxygens (including phenoxy) is 2. The number of carbonyl (C=O) groups is 1. The molecule has 146 valence electrons. The van der Waals surface area contributed by atoms with Gasteiger partial charge < -0.3 is 14.8 Å². The second-order valence-electron chi connectivity index (χ2n) is 5.45. The second-order valence-corrected chi connectivity index (χ2v) is 8.34. The van der Waals surface area contributed by atoms with E-state index in [4.69, 9.17) is 32.7 Å². The maximum absolute atomic E-state index is 12.7. The highest BCUT2D eigenvalue weighted by Crippen LogP contribution is 2.30. The molecule has 27 heavy (non-hydrogen) atoms. The van der Waals surface area contributed by atoms with E-state index in [2.05, 4.69) is 5.32 Å². The zero-order chi connectivity index (χ0) is 20.2. The Labute approximate surface area is 167 Å². The highest BCUT2D eigenvalue weighted by Gasteiger charge is 2.24. The molecule has 0 aliphatic rings. The summed E-state index contributed by atoms with van der Waals surface area (Å²) in [5.74, 6) is 0.0975. The van der Waals surface area contributed by atoms with E-state index in [1.807, 2.05) is 0 Å². The summed E-state index contributed by atoms with van der Waals surface area (Å²) in [7, 11) is 0.223. The SMILES string of the molecule is COc1ccc(S(=O)(=O)N(C)CC(=O)Nc2cc(Cl)ccc2Cl)cc1OC. The maximum Gasteiger partial charge on any atom is 0.243 e. The minimum absolute atomic E-state index is 0.0313. The second kappa shape index (κ2) is 8.79. The van der Waals surface area contributed by atoms with Crippen LogP contribution in [0.1, 0.15) is 0 Å². The fourth-order valence-electron chi connectivity index (χ4n) is 2.23. The van der Waals surface area contributed by atoms with Crippen molar-refractivity contribution in [2.24, 2.45) is 0 Å². The Balaban J connectivity index is 2.17. The fourth-order valence-corrected chi connectivity index (χ4v) is 3.71. The highest BCUT2D eigenvalue weighted by atomic mass is 35.5. The molecule has 0 saturated heterocycles. The molecular formula is C17H18Cl2N2O5S. The van der Waals surface area contributed by atoms with Crippen LogP contribution in [-0.4, -0.2) is 46.4 Å². The Kier molecular flexibility index (Phi) is 6.94. The van der Waals surface area contributed by atoms with Crippen LogP contribution in [-0.2, 0) is 14.8 Å². The average molecular weight is 433 g/mol. The van der Waals surface area contributed by atoms with Crippen molar-refractivity contribution < 1.29 is 22.7 Å². The molecule has 0 saturated carbocycles. The first-order valence-corrected chi connectivity index (χ1v) is 9.82. The molecule has 1 N–H and O–H groups in total. The van der Waals surface area contributed by atoms with Crippen molar-refractivity contribution in [2.75, 3.05) is 33.1 Å². The van der Waals surface area contributed by atoms with Crippen LogP contribution < -0.4 is 14.8 Å². The first kappa shape index (κ1) is 21.3. The van der Waals surface area contributed by atoms with E-state index in [9.17, 15) is 13.2 Å². The van der Waals surface area contributed by atoms with Crippen LogP contribution in [0, 0.1) is 0 Å². The molecule has 0 fully saturated rings. The van der Waals surface area contributed by atoms with E-state index in [1.54, 1.807) is 6.07 Å². The van der Waals surface area contributed by atoms with Crippen molar-refractivity contribution in [3.05, 3.63) is 46.4 Å². The average Bonchev–Trinajstić information content (AvgIpc) is 2.63. The monoisotopic (exact) mass is 432 g/mol. The number of carbonyl (C=O) groups excluding carboxylic acids is 1. The van der Waals surface area contributed by atoms with Crippen molar-refractivity contribution >= 4 is 44.8 Å². The van der Waals surface area contributed by atoms with Crippen molar-refractivity contribution in [3.8, 4) is 11.5 Å². The largest absolute Gasteiger partial charge is 0.493 e. The number of amides is 1. The summed E-state index contributed by atoms with van der Waals surface area (Å²) in [6, 6.07) is 8.77. The minimum Gasteiger partial charge on any atom is -0.493 e. The Bertz CT molecular complexity index is 950. The summed E-state index contributed by atoms with van der Waals surface area (Å²) in [5, 5.41) is 3.22. The zero-order valence-corrected chi connectivity index (χ0v) is 17.2. The van der Waals surface area contributed by atoms with Crippen molar-refractivity contribution in [3.63, 3.8) is 0 Å². The van der Waals surface area contributed by atoms with E-state index >= 15 is 0 Å². The predicted octanol–water partition coefficient (Wildman–Crippen LogP) is 3.27. The summed E-state index contributed by atoms with van der Waals surface area (Å²) < 4.78 is 36.6. The van der Waals surface area contributed by atoms with Gasteiger partial charge in [0.25, 0.3) is 0 Å². The molecular weight excluding hydrogens is 415 g/mol. The smallest absolute Gasteiger partial charge is 0.243 e. The van der Waals surface area contributed by atoms with E-state index in [-0.39, 0.29) is 15.7 Å². The quantitative estimate of drug-likeness (QED) is 0.725. The van der Waals surface area contributed by atoms with Crippen LogP contribution >= 0.6 is 23.2 Å². The van der Waals surface area contributed by atoms with Crippen LogP contribution in [0.25, 0.3) is 0 Å². The van der Waals surface area contributed by atoms with Gasteiger partial charge in [-0.15, -0.1) is 0 Å². The van der Waals surface area contributed by atoms with Crippen LogP contribution in [0.5, 0.6) is 11.5 Å². The van der Waals surface area contributed by atoms with E-state index < -0.39 is 22.5 Å². The molecule has 0 bridgehead atoms. The number of halogens is 2. The lowest BCUT2D eigenvalue weighted by atomic mass is 10.3. The molecule has 0 aliphatic carbocycles. The van der Waals surface area contributed by atoms with Gasteiger partial charge in [0.15, 0.2) is 11.5 Å². The molecule has 2 aromatic carbocycles. The normalized spacial score (nSPS) is 11.3. The lowest BCUT2D eigenvalue weighted by molar-refractivity contribution is -0.116. The third-order valence-electron chi connectivity index (χ3n) is 3.63. The van der Waals surface area contributed by atoms with Gasteiger partial charge in [0.05, 0.1) is 36.4 Å². The summed E-state index contributed by atoms with van der Waals surface area (Å²) in [6.45, 7) is -0.417. The van der Waals surface area contributed by atoms with E-state index in [1.165, 1.54) is 51.6 Å². The number of anilines is 1. The Morgan fingerprint density at radius 3 is 2.37 bits per heavy atom. The minimum atomic E-state index is -3.92. The van der Waals surface area contributed by atoms with E-state index in [0.717, 1.165) is 4.31 Å². The van der Waals surface area contributed by atoms with Crippen LogP contribution in [0.2, 0.25) is 10.0 Å². The zero-order valence-electron chi connectivity index (χ0n) is 14.8. The standard InChI is InChI=1S/C17H18Cl2N2O5S/c1-21(10-17(22)20-14-8-11(18)4-6-13(14)19)27(23,24)12-5-7-15(25-2)16(9-12)26-3/h4-9H,10H2,1-3H3,(H,20,22).